The third kappa shape index (κ3) is 3.07. The van der Waals surface area contributed by atoms with E-state index in [9.17, 15) is 4.79 Å². The molecule has 0 saturated heterocycles. The van der Waals surface area contributed by atoms with Crippen LogP contribution in [-0.2, 0) is 4.79 Å². The molecule has 6 nitrogen and oxygen atoms in total. The van der Waals surface area contributed by atoms with Crippen LogP contribution in [0.3, 0.4) is 0 Å². The Labute approximate surface area is 101 Å². The molecule has 1 aromatic rings. The molecule has 1 heterocycles. The Balaban J connectivity index is 3.13. The zero-order chi connectivity index (χ0) is 13.0. The van der Waals surface area contributed by atoms with E-state index in [1.165, 1.54) is 7.11 Å². The highest BCUT2D eigenvalue weighted by atomic mass is 16.5. The first-order valence-corrected chi connectivity index (χ1v) is 5.24. The van der Waals surface area contributed by atoms with E-state index < -0.39 is 6.04 Å². The predicted octanol–water partition coefficient (Wildman–Crippen LogP) is 0.442. The van der Waals surface area contributed by atoms with E-state index in [2.05, 4.69) is 10.3 Å². The number of nitrogens with two attached hydrogens (primary N) is 1. The number of nitrogens with zero attached hydrogens (tertiary/aromatic N) is 2. The fourth-order valence-electron chi connectivity index (χ4n) is 1.31. The van der Waals surface area contributed by atoms with Crippen molar-refractivity contribution in [2.45, 2.75) is 13.0 Å². The van der Waals surface area contributed by atoms with Crippen LogP contribution in [0.1, 0.15) is 6.92 Å². The van der Waals surface area contributed by atoms with Crippen LogP contribution in [0.5, 0.6) is 5.88 Å². The fourth-order valence-corrected chi connectivity index (χ4v) is 1.31. The van der Waals surface area contributed by atoms with Crippen molar-refractivity contribution >= 4 is 17.3 Å². The normalized spacial score (nSPS) is 11.8. The molecule has 1 atom stereocenters. The molecule has 0 saturated carbocycles. The van der Waals surface area contributed by atoms with E-state index in [1.807, 2.05) is 19.0 Å². The van der Waals surface area contributed by atoms with Gasteiger partial charge in [-0.2, -0.15) is 0 Å². The topological polar surface area (TPSA) is 80.5 Å². The second kappa shape index (κ2) is 5.49. The highest BCUT2D eigenvalue weighted by Crippen LogP contribution is 2.31. The lowest BCUT2D eigenvalue weighted by molar-refractivity contribution is -0.117. The molecule has 0 unspecified atom stereocenters. The number of hydrogen-bond donors (Lipinski definition) is 2. The van der Waals surface area contributed by atoms with Gasteiger partial charge in [0.2, 0.25) is 11.8 Å². The van der Waals surface area contributed by atoms with Crippen molar-refractivity contribution in [2.24, 2.45) is 5.73 Å². The first kappa shape index (κ1) is 13.2. The van der Waals surface area contributed by atoms with Crippen LogP contribution in [0.25, 0.3) is 0 Å². The van der Waals surface area contributed by atoms with Gasteiger partial charge >= 0.3 is 0 Å². The van der Waals surface area contributed by atoms with Crippen LogP contribution in [0.4, 0.5) is 11.4 Å². The highest BCUT2D eigenvalue weighted by molar-refractivity contribution is 5.98. The first-order chi connectivity index (χ1) is 7.97. The van der Waals surface area contributed by atoms with Crippen molar-refractivity contribution in [1.82, 2.24) is 4.98 Å². The Hall–Kier alpha value is -1.82. The summed E-state index contributed by atoms with van der Waals surface area (Å²) in [5.41, 5.74) is 6.86. The van der Waals surface area contributed by atoms with E-state index in [0.29, 0.717) is 11.6 Å². The molecule has 0 fully saturated rings. The van der Waals surface area contributed by atoms with Gasteiger partial charge in [0.1, 0.15) is 5.69 Å². The van der Waals surface area contributed by atoms with E-state index in [-0.39, 0.29) is 5.91 Å². The number of amides is 1. The third-order valence-corrected chi connectivity index (χ3v) is 2.23. The van der Waals surface area contributed by atoms with Crippen LogP contribution in [0.2, 0.25) is 0 Å². The summed E-state index contributed by atoms with van der Waals surface area (Å²) in [4.78, 5) is 17.5. The Morgan fingerprint density at radius 2 is 2.24 bits per heavy atom. The van der Waals surface area contributed by atoms with Gasteiger partial charge in [0.25, 0.3) is 0 Å². The number of aromatic nitrogens is 1. The molecule has 0 radical (unpaired) electrons. The first-order valence-electron chi connectivity index (χ1n) is 5.24. The standard InChI is InChI=1S/C11H18N4O2/c1-7(12)10(16)14-9-8(15(2)3)5-6-13-11(9)17-4/h5-7H,12H2,1-4H3,(H,14,16)/t7-/m1/s1. The van der Waals surface area contributed by atoms with Crippen LogP contribution in [-0.4, -0.2) is 38.1 Å². The summed E-state index contributed by atoms with van der Waals surface area (Å²) >= 11 is 0. The molecule has 1 aromatic heterocycles. The van der Waals surface area contributed by atoms with Crippen molar-refractivity contribution in [3.8, 4) is 5.88 Å². The lowest BCUT2D eigenvalue weighted by Crippen LogP contribution is -2.33. The van der Waals surface area contributed by atoms with Crippen molar-refractivity contribution in [1.29, 1.82) is 0 Å². The smallest absolute Gasteiger partial charge is 0.241 e. The molecular weight excluding hydrogens is 220 g/mol. The second-order valence-electron chi connectivity index (χ2n) is 3.89. The lowest BCUT2D eigenvalue weighted by atomic mass is 10.2. The van der Waals surface area contributed by atoms with Gasteiger partial charge in [-0.25, -0.2) is 4.98 Å². The largest absolute Gasteiger partial charge is 0.479 e. The Morgan fingerprint density at radius 3 is 2.71 bits per heavy atom. The number of carbonyl (C=O) groups is 1. The number of rotatable bonds is 4. The summed E-state index contributed by atoms with van der Waals surface area (Å²) in [6.45, 7) is 1.62. The van der Waals surface area contributed by atoms with Gasteiger partial charge in [-0.05, 0) is 13.0 Å². The zero-order valence-electron chi connectivity index (χ0n) is 10.5. The number of hydrogen-bond acceptors (Lipinski definition) is 5. The van der Waals surface area contributed by atoms with Crippen LogP contribution < -0.4 is 20.7 Å². The maximum absolute atomic E-state index is 11.6. The average Bonchev–Trinajstić information content (AvgIpc) is 2.28. The van der Waals surface area contributed by atoms with Gasteiger partial charge in [-0.15, -0.1) is 0 Å². The zero-order valence-corrected chi connectivity index (χ0v) is 10.5. The summed E-state index contributed by atoms with van der Waals surface area (Å²) in [7, 11) is 5.25. The van der Waals surface area contributed by atoms with Gasteiger partial charge in [-0.1, -0.05) is 0 Å². The van der Waals surface area contributed by atoms with E-state index in [1.54, 1.807) is 19.2 Å². The molecule has 0 aliphatic carbocycles. The molecule has 0 aliphatic rings. The molecule has 0 aromatic carbocycles. The minimum absolute atomic E-state index is 0.278. The predicted molar refractivity (Wildman–Crippen MR) is 67.4 cm³/mol. The second-order valence-corrected chi connectivity index (χ2v) is 3.89. The van der Waals surface area contributed by atoms with Crippen LogP contribution >= 0.6 is 0 Å². The lowest BCUT2D eigenvalue weighted by Gasteiger charge is -2.19. The minimum Gasteiger partial charge on any atom is -0.479 e. The Kier molecular flexibility index (Phi) is 4.28. The van der Waals surface area contributed by atoms with Gasteiger partial charge < -0.3 is 20.7 Å². The third-order valence-electron chi connectivity index (χ3n) is 2.23. The monoisotopic (exact) mass is 238 g/mol. The molecule has 94 valence electrons. The minimum atomic E-state index is -0.588. The van der Waals surface area contributed by atoms with Gasteiger partial charge in [-0.3, -0.25) is 4.79 Å². The van der Waals surface area contributed by atoms with Gasteiger partial charge in [0, 0.05) is 20.3 Å². The van der Waals surface area contributed by atoms with Crippen LogP contribution in [0, 0.1) is 0 Å². The average molecular weight is 238 g/mol. The number of ether oxygens (including phenoxy) is 1. The summed E-state index contributed by atoms with van der Waals surface area (Å²) in [6.07, 6.45) is 1.62. The number of nitrogens with one attached hydrogen (secondary N) is 1. The summed E-state index contributed by atoms with van der Waals surface area (Å²) in [5, 5.41) is 2.72. The van der Waals surface area contributed by atoms with Crippen molar-refractivity contribution in [3.63, 3.8) is 0 Å². The Bertz CT molecular complexity index is 404. The number of pyridine rings is 1. The molecule has 0 aliphatic heterocycles. The molecule has 1 rings (SSSR count). The van der Waals surface area contributed by atoms with Crippen molar-refractivity contribution in [3.05, 3.63) is 12.3 Å². The van der Waals surface area contributed by atoms with Crippen molar-refractivity contribution in [2.75, 3.05) is 31.4 Å². The van der Waals surface area contributed by atoms with Gasteiger partial charge in [0.15, 0.2) is 0 Å². The summed E-state index contributed by atoms with van der Waals surface area (Å²) < 4.78 is 5.12. The summed E-state index contributed by atoms with van der Waals surface area (Å²) in [5.74, 6) is 0.0876. The number of anilines is 2. The van der Waals surface area contributed by atoms with Crippen molar-refractivity contribution < 1.29 is 9.53 Å². The van der Waals surface area contributed by atoms with E-state index >= 15 is 0 Å². The number of methoxy groups -OCH3 is 1. The molecule has 6 heteroatoms. The Morgan fingerprint density at radius 1 is 1.59 bits per heavy atom. The van der Waals surface area contributed by atoms with E-state index in [4.69, 9.17) is 10.5 Å². The van der Waals surface area contributed by atoms with E-state index in [0.717, 1.165) is 5.69 Å². The quantitative estimate of drug-likeness (QED) is 0.795. The SMILES string of the molecule is COc1nccc(N(C)C)c1NC(=O)[C@@H](C)N. The van der Waals surface area contributed by atoms with Gasteiger partial charge in [0.05, 0.1) is 18.8 Å². The highest BCUT2D eigenvalue weighted by Gasteiger charge is 2.16. The molecule has 0 bridgehead atoms. The molecule has 0 spiro atoms. The van der Waals surface area contributed by atoms with Crippen LogP contribution in [0.15, 0.2) is 12.3 Å². The summed E-state index contributed by atoms with van der Waals surface area (Å²) in [6, 6.07) is 1.20. The molecule has 17 heavy (non-hydrogen) atoms. The fraction of sp³-hybridized carbons (Fsp3) is 0.455. The molecule has 3 N–H and O–H groups in total. The maximum Gasteiger partial charge on any atom is 0.241 e. The molecular formula is C11H18N4O2. The maximum atomic E-state index is 11.6. The molecule has 1 amide bonds. The number of carbonyl (C=O) groups excluding carboxylic acids is 1.